The van der Waals surface area contributed by atoms with Crippen LogP contribution in [0.4, 0.5) is 0 Å². The van der Waals surface area contributed by atoms with Gasteiger partial charge in [-0.05, 0) is 6.07 Å². The molecule has 0 unspecified atom stereocenters. The first-order chi connectivity index (χ1) is 9.62. The Balaban J connectivity index is 2.84. The molecule has 0 aromatic carbocycles. The summed E-state index contributed by atoms with van der Waals surface area (Å²) in [4.78, 5) is 27.3. The van der Waals surface area contributed by atoms with Crippen LogP contribution in [0.3, 0.4) is 0 Å². The third-order valence-electron chi connectivity index (χ3n) is 2.56. The number of carbonyl (C=O) groups excluding carboxylic acids is 2. The first kappa shape index (κ1) is 15.9. The summed E-state index contributed by atoms with van der Waals surface area (Å²) >= 11 is 0. The Labute approximate surface area is 117 Å². The Kier molecular flexibility index (Phi) is 6.45. The number of amides is 1. The number of methoxy groups -OCH3 is 3. The van der Waals surface area contributed by atoms with Crippen molar-refractivity contribution in [3.63, 3.8) is 0 Å². The van der Waals surface area contributed by atoms with E-state index in [4.69, 9.17) is 9.47 Å². The highest BCUT2D eigenvalue weighted by atomic mass is 16.5. The Morgan fingerprint density at radius 3 is 2.70 bits per heavy atom. The Bertz CT molecular complexity index is 464. The molecular weight excluding hydrogens is 264 g/mol. The van der Waals surface area contributed by atoms with Gasteiger partial charge in [0.25, 0.3) is 0 Å². The lowest BCUT2D eigenvalue weighted by Gasteiger charge is -2.17. The molecule has 1 amide bonds. The number of nitrogens with one attached hydrogen (secondary N) is 1. The van der Waals surface area contributed by atoms with Crippen molar-refractivity contribution in [2.45, 2.75) is 12.5 Å². The number of pyridine rings is 1. The number of esters is 1. The number of rotatable bonds is 7. The van der Waals surface area contributed by atoms with Crippen LogP contribution in [0.5, 0.6) is 5.88 Å². The molecule has 20 heavy (non-hydrogen) atoms. The number of nitrogens with zero attached hydrogens (tertiary/aromatic N) is 1. The molecule has 7 nitrogen and oxygen atoms in total. The lowest BCUT2D eigenvalue weighted by atomic mass is 10.1. The van der Waals surface area contributed by atoms with E-state index in [0.717, 1.165) is 0 Å². The zero-order valence-electron chi connectivity index (χ0n) is 11.7. The third kappa shape index (κ3) is 4.51. The molecule has 0 spiro atoms. The van der Waals surface area contributed by atoms with Gasteiger partial charge in [-0.15, -0.1) is 0 Å². The molecule has 0 aliphatic carbocycles. The van der Waals surface area contributed by atoms with Crippen LogP contribution in [0.15, 0.2) is 18.3 Å². The number of ether oxygens (including phenoxy) is 3. The van der Waals surface area contributed by atoms with Gasteiger partial charge in [0.1, 0.15) is 12.6 Å². The normalized spacial score (nSPS) is 11.6. The maximum Gasteiger partial charge on any atom is 0.328 e. The fourth-order valence-electron chi connectivity index (χ4n) is 1.69. The monoisotopic (exact) mass is 282 g/mol. The molecule has 0 bridgehead atoms. The molecule has 1 N–H and O–H groups in total. The van der Waals surface area contributed by atoms with Crippen molar-refractivity contribution in [2.75, 3.05) is 27.9 Å². The van der Waals surface area contributed by atoms with Crippen molar-refractivity contribution in [2.24, 2.45) is 0 Å². The van der Waals surface area contributed by atoms with Crippen LogP contribution in [-0.4, -0.2) is 50.8 Å². The lowest BCUT2D eigenvalue weighted by Crippen LogP contribution is -2.44. The van der Waals surface area contributed by atoms with Crippen LogP contribution in [0.1, 0.15) is 5.56 Å². The highest BCUT2D eigenvalue weighted by molar-refractivity contribution is 5.85. The van der Waals surface area contributed by atoms with Gasteiger partial charge in [0, 0.05) is 25.3 Å². The van der Waals surface area contributed by atoms with Crippen LogP contribution in [0, 0.1) is 0 Å². The predicted molar refractivity (Wildman–Crippen MR) is 70.3 cm³/mol. The topological polar surface area (TPSA) is 86.8 Å². The second kappa shape index (κ2) is 8.11. The lowest BCUT2D eigenvalue weighted by molar-refractivity contribution is -0.145. The minimum Gasteiger partial charge on any atom is -0.481 e. The second-order valence-electron chi connectivity index (χ2n) is 3.95. The van der Waals surface area contributed by atoms with Crippen molar-refractivity contribution in [1.29, 1.82) is 0 Å². The van der Waals surface area contributed by atoms with Gasteiger partial charge in [0.05, 0.1) is 14.2 Å². The predicted octanol–water partition coefficient (Wildman–Crippen LogP) is -0.0631. The molecule has 0 saturated carbocycles. The summed E-state index contributed by atoms with van der Waals surface area (Å²) in [5.74, 6) is -0.534. The minimum absolute atomic E-state index is 0.127. The fraction of sp³-hybridized carbons (Fsp3) is 0.462. The van der Waals surface area contributed by atoms with Gasteiger partial charge in [-0.2, -0.15) is 0 Å². The van der Waals surface area contributed by atoms with Crippen LogP contribution >= 0.6 is 0 Å². The van der Waals surface area contributed by atoms with E-state index in [0.29, 0.717) is 11.4 Å². The number of hydrogen-bond acceptors (Lipinski definition) is 6. The summed E-state index contributed by atoms with van der Waals surface area (Å²) < 4.78 is 14.5. The van der Waals surface area contributed by atoms with E-state index in [1.165, 1.54) is 21.3 Å². The van der Waals surface area contributed by atoms with E-state index in [1.807, 2.05) is 0 Å². The number of hydrogen-bond donors (Lipinski definition) is 1. The van der Waals surface area contributed by atoms with Gasteiger partial charge in [-0.3, -0.25) is 4.79 Å². The number of aromatic nitrogens is 1. The standard InChI is InChI=1S/C13H18N2O5/c1-18-8-11(16)15-10(13(17)20-3)7-9-5-4-6-14-12(9)19-2/h4-6,10H,7-8H2,1-3H3,(H,15,16)/t10-/m1/s1. The minimum atomic E-state index is -0.819. The molecule has 0 aliphatic rings. The molecule has 0 fully saturated rings. The largest absolute Gasteiger partial charge is 0.481 e. The SMILES string of the molecule is COCC(=O)N[C@H](Cc1cccnc1OC)C(=O)OC. The van der Waals surface area contributed by atoms with Crippen LogP contribution in [0.2, 0.25) is 0 Å². The van der Waals surface area contributed by atoms with E-state index in [9.17, 15) is 9.59 Å². The van der Waals surface area contributed by atoms with E-state index in [2.05, 4.69) is 15.0 Å². The first-order valence-corrected chi connectivity index (χ1v) is 5.96. The van der Waals surface area contributed by atoms with Gasteiger partial charge in [0.2, 0.25) is 11.8 Å². The smallest absolute Gasteiger partial charge is 0.328 e. The average Bonchev–Trinajstić information content (AvgIpc) is 2.46. The third-order valence-corrected chi connectivity index (χ3v) is 2.56. The average molecular weight is 282 g/mol. The Morgan fingerprint density at radius 1 is 1.35 bits per heavy atom. The molecule has 0 radical (unpaired) electrons. The molecular formula is C13H18N2O5. The van der Waals surface area contributed by atoms with Gasteiger partial charge in [0.15, 0.2) is 0 Å². The number of carbonyl (C=O) groups is 2. The zero-order chi connectivity index (χ0) is 15.0. The summed E-state index contributed by atoms with van der Waals surface area (Å²) in [5.41, 5.74) is 0.697. The molecule has 1 heterocycles. The summed E-state index contributed by atoms with van der Waals surface area (Å²) in [6.07, 6.45) is 1.80. The molecule has 1 aromatic rings. The summed E-state index contributed by atoms with van der Waals surface area (Å²) in [7, 11) is 4.15. The molecule has 1 aromatic heterocycles. The Hall–Kier alpha value is -2.15. The van der Waals surface area contributed by atoms with Crippen molar-refractivity contribution < 1.29 is 23.8 Å². The summed E-state index contributed by atoms with van der Waals surface area (Å²) in [6, 6.07) is 2.67. The van der Waals surface area contributed by atoms with E-state index in [1.54, 1.807) is 18.3 Å². The molecule has 0 saturated heterocycles. The van der Waals surface area contributed by atoms with E-state index >= 15 is 0 Å². The second-order valence-corrected chi connectivity index (χ2v) is 3.95. The highest BCUT2D eigenvalue weighted by Gasteiger charge is 2.23. The molecule has 110 valence electrons. The van der Waals surface area contributed by atoms with Crippen molar-refractivity contribution >= 4 is 11.9 Å². The van der Waals surface area contributed by atoms with Gasteiger partial charge < -0.3 is 19.5 Å². The molecule has 0 aliphatic heterocycles. The maximum absolute atomic E-state index is 11.7. The highest BCUT2D eigenvalue weighted by Crippen LogP contribution is 2.16. The first-order valence-electron chi connectivity index (χ1n) is 5.96. The van der Waals surface area contributed by atoms with Crippen LogP contribution in [0.25, 0.3) is 0 Å². The Morgan fingerprint density at radius 2 is 2.10 bits per heavy atom. The van der Waals surface area contributed by atoms with Crippen LogP contribution < -0.4 is 10.1 Å². The zero-order valence-corrected chi connectivity index (χ0v) is 11.7. The van der Waals surface area contributed by atoms with Gasteiger partial charge in [-0.1, -0.05) is 6.07 Å². The van der Waals surface area contributed by atoms with Crippen molar-refractivity contribution in [1.82, 2.24) is 10.3 Å². The van der Waals surface area contributed by atoms with Gasteiger partial charge >= 0.3 is 5.97 Å². The fourth-order valence-corrected chi connectivity index (χ4v) is 1.69. The molecule has 1 rings (SSSR count). The summed E-state index contributed by atoms with van der Waals surface area (Å²) in [6.45, 7) is -0.127. The van der Waals surface area contributed by atoms with E-state index in [-0.39, 0.29) is 13.0 Å². The van der Waals surface area contributed by atoms with E-state index < -0.39 is 17.9 Å². The van der Waals surface area contributed by atoms with Crippen LogP contribution in [-0.2, 0) is 25.5 Å². The van der Waals surface area contributed by atoms with Crippen molar-refractivity contribution in [3.05, 3.63) is 23.9 Å². The maximum atomic E-state index is 11.7. The molecule has 1 atom stereocenters. The quantitative estimate of drug-likeness (QED) is 0.705. The van der Waals surface area contributed by atoms with Gasteiger partial charge in [-0.25, -0.2) is 9.78 Å². The van der Waals surface area contributed by atoms with Crippen molar-refractivity contribution in [3.8, 4) is 5.88 Å². The molecule has 7 heteroatoms. The summed E-state index contributed by atoms with van der Waals surface area (Å²) in [5, 5.41) is 2.55.